The lowest BCUT2D eigenvalue weighted by molar-refractivity contribution is 0.352. The normalized spacial score (nSPS) is 27.0. The first-order valence-electron chi connectivity index (χ1n) is 8.96. The molecule has 0 amide bonds. The van der Waals surface area contributed by atoms with E-state index in [-0.39, 0.29) is 11.1 Å². The molecule has 2 atom stereocenters. The lowest BCUT2D eigenvalue weighted by atomic mass is 9.91. The van der Waals surface area contributed by atoms with E-state index in [1.165, 1.54) is 24.5 Å². The minimum atomic E-state index is 0.254. The summed E-state index contributed by atoms with van der Waals surface area (Å²) in [5.74, 6) is 2.62. The van der Waals surface area contributed by atoms with Crippen LogP contribution in [-0.2, 0) is 0 Å². The van der Waals surface area contributed by atoms with E-state index in [4.69, 9.17) is 0 Å². The summed E-state index contributed by atoms with van der Waals surface area (Å²) < 4.78 is 0. The molecule has 2 fully saturated rings. The third-order valence-electron chi connectivity index (χ3n) is 3.89. The highest BCUT2D eigenvalue weighted by molar-refractivity contribution is 8.77. The monoisotopic (exact) mass is 410 g/mol. The molecule has 0 saturated carbocycles. The summed E-state index contributed by atoms with van der Waals surface area (Å²) in [7, 11) is 8.11. The van der Waals surface area contributed by atoms with Gasteiger partial charge in [0.2, 0.25) is 0 Å². The van der Waals surface area contributed by atoms with Crippen LogP contribution in [0.1, 0.15) is 61.8 Å². The van der Waals surface area contributed by atoms with Gasteiger partial charge in [-0.05, 0) is 53.4 Å². The van der Waals surface area contributed by atoms with E-state index in [0.29, 0.717) is 5.41 Å². The van der Waals surface area contributed by atoms with Crippen molar-refractivity contribution in [3.05, 3.63) is 0 Å². The molecular weight excluding hydrogens is 372 g/mol. The molecule has 0 bridgehead atoms. The van der Waals surface area contributed by atoms with Crippen LogP contribution < -0.4 is 10.6 Å². The number of nitrogens with one attached hydrogen (secondary N) is 2. The molecule has 2 N–H and O–H groups in total. The fraction of sp³-hybridized carbons (Fsp3) is 1.00. The van der Waals surface area contributed by atoms with Gasteiger partial charge in [0.15, 0.2) is 0 Å². The highest BCUT2D eigenvalue weighted by Crippen LogP contribution is 2.48. The van der Waals surface area contributed by atoms with Crippen molar-refractivity contribution in [1.82, 2.24) is 10.6 Å². The average Bonchev–Trinajstić information content (AvgIpc) is 3.02. The molecule has 0 aliphatic carbocycles. The van der Waals surface area contributed by atoms with Crippen molar-refractivity contribution in [2.75, 3.05) is 24.6 Å². The van der Waals surface area contributed by atoms with E-state index in [2.05, 4.69) is 66.0 Å². The summed E-state index contributed by atoms with van der Waals surface area (Å²) >= 11 is 0. The molecule has 24 heavy (non-hydrogen) atoms. The summed E-state index contributed by atoms with van der Waals surface area (Å²) in [4.78, 5) is 0. The number of hydrogen-bond donors (Lipinski definition) is 2. The second kappa shape index (κ2) is 10.0. The standard InChI is InChI=1S/C10H21NS2.C8H17NS2/c1-9(2,3)11-6-8-10(4,5)7-12-13-8;1-8(2,3)9-6-7-4-5-10-11-7/h8,11H,6-7H2,1-5H3;7,9H,4-6H2,1-3H3. The highest BCUT2D eigenvalue weighted by atomic mass is 33.1. The zero-order valence-electron chi connectivity index (χ0n) is 16.8. The lowest BCUT2D eigenvalue weighted by Gasteiger charge is -2.29. The molecule has 0 aromatic rings. The van der Waals surface area contributed by atoms with Gasteiger partial charge in [-0.15, -0.1) is 0 Å². The molecule has 0 aromatic carbocycles. The van der Waals surface area contributed by atoms with Crippen molar-refractivity contribution in [2.24, 2.45) is 5.41 Å². The molecule has 0 spiro atoms. The molecule has 2 unspecified atom stereocenters. The quantitative estimate of drug-likeness (QED) is 0.577. The molecule has 6 heteroatoms. The smallest absolute Gasteiger partial charge is 0.0335 e. The molecule has 2 rings (SSSR count). The molecular formula is C18H38N2S4. The molecule has 2 saturated heterocycles. The van der Waals surface area contributed by atoms with E-state index >= 15 is 0 Å². The first kappa shape index (κ1) is 23.4. The second-order valence-corrected chi connectivity index (χ2v) is 14.8. The van der Waals surface area contributed by atoms with Crippen LogP contribution in [-0.4, -0.2) is 46.2 Å². The van der Waals surface area contributed by atoms with Crippen LogP contribution in [0.25, 0.3) is 0 Å². The number of rotatable bonds is 4. The Morgan fingerprint density at radius 2 is 1.46 bits per heavy atom. The van der Waals surface area contributed by atoms with E-state index in [0.717, 1.165) is 17.0 Å². The van der Waals surface area contributed by atoms with Gasteiger partial charge in [-0.2, -0.15) is 0 Å². The predicted octanol–water partition coefficient (Wildman–Crippen LogP) is 5.69. The Kier molecular flexibility index (Phi) is 9.76. The Balaban J connectivity index is 0.000000243. The SMILES string of the molecule is CC(C)(C)NCC1CCSS1.CC(C)(C)NCC1SSCC1(C)C. The van der Waals surface area contributed by atoms with Crippen LogP contribution in [0.4, 0.5) is 0 Å². The Morgan fingerprint density at radius 3 is 1.88 bits per heavy atom. The molecule has 2 aliphatic heterocycles. The molecule has 0 radical (unpaired) electrons. The molecule has 2 nitrogen and oxygen atoms in total. The van der Waals surface area contributed by atoms with Crippen molar-refractivity contribution in [2.45, 2.75) is 83.4 Å². The average molecular weight is 411 g/mol. The zero-order valence-corrected chi connectivity index (χ0v) is 20.1. The Hall–Kier alpha value is 1.32. The fourth-order valence-corrected chi connectivity index (χ4v) is 8.89. The zero-order chi connectivity index (χ0) is 18.4. The summed E-state index contributed by atoms with van der Waals surface area (Å²) in [5, 5.41) is 8.72. The fourth-order valence-electron chi connectivity index (χ4n) is 2.13. The van der Waals surface area contributed by atoms with Crippen LogP contribution >= 0.6 is 43.2 Å². The second-order valence-electron chi connectivity index (χ2n) is 9.43. The maximum absolute atomic E-state index is 3.59. The third-order valence-corrected chi connectivity index (χ3v) is 10.3. The van der Waals surface area contributed by atoms with Gasteiger partial charge in [0.1, 0.15) is 0 Å². The predicted molar refractivity (Wildman–Crippen MR) is 122 cm³/mol. The van der Waals surface area contributed by atoms with E-state index in [1.807, 2.05) is 43.2 Å². The maximum atomic E-state index is 3.59. The Morgan fingerprint density at radius 1 is 0.875 bits per heavy atom. The van der Waals surface area contributed by atoms with Crippen LogP contribution in [0.3, 0.4) is 0 Å². The van der Waals surface area contributed by atoms with Gasteiger partial charge < -0.3 is 10.6 Å². The third kappa shape index (κ3) is 10.5. The van der Waals surface area contributed by atoms with Crippen molar-refractivity contribution < 1.29 is 0 Å². The lowest BCUT2D eigenvalue weighted by Crippen LogP contribution is -2.43. The summed E-state index contributed by atoms with van der Waals surface area (Å²) in [6, 6.07) is 0. The molecule has 2 aliphatic rings. The van der Waals surface area contributed by atoms with Gasteiger partial charge in [0.05, 0.1) is 0 Å². The van der Waals surface area contributed by atoms with Crippen molar-refractivity contribution in [3.63, 3.8) is 0 Å². The minimum Gasteiger partial charge on any atom is -0.311 e. The van der Waals surface area contributed by atoms with Gasteiger partial charge in [-0.25, -0.2) is 0 Å². The van der Waals surface area contributed by atoms with Crippen molar-refractivity contribution >= 4 is 43.2 Å². The molecule has 2 heterocycles. The van der Waals surface area contributed by atoms with E-state index < -0.39 is 0 Å². The van der Waals surface area contributed by atoms with Crippen LogP contribution in [0.15, 0.2) is 0 Å². The maximum Gasteiger partial charge on any atom is 0.0335 e. The highest BCUT2D eigenvalue weighted by Gasteiger charge is 2.36. The van der Waals surface area contributed by atoms with Crippen LogP contribution in [0, 0.1) is 5.41 Å². The van der Waals surface area contributed by atoms with Gasteiger partial charge >= 0.3 is 0 Å². The van der Waals surface area contributed by atoms with Crippen molar-refractivity contribution in [1.29, 1.82) is 0 Å². The van der Waals surface area contributed by atoms with E-state index in [9.17, 15) is 0 Å². The Bertz CT molecular complexity index is 355. The number of hydrogen-bond acceptors (Lipinski definition) is 6. The minimum absolute atomic E-state index is 0.254. The Labute approximate surface area is 166 Å². The summed E-state index contributed by atoms with van der Waals surface area (Å²) in [6.45, 7) is 20.4. The van der Waals surface area contributed by atoms with Gasteiger partial charge in [0.25, 0.3) is 0 Å². The molecule has 144 valence electrons. The summed E-state index contributed by atoms with van der Waals surface area (Å²) in [5.41, 5.74) is 1.03. The topological polar surface area (TPSA) is 24.1 Å². The first-order chi connectivity index (χ1) is 10.9. The summed E-state index contributed by atoms with van der Waals surface area (Å²) in [6.07, 6.45) is 1.37. The van der Waals surface area contributed by atoms with Gasteiger partial charge in [0, 0.05) is 46.2 Å². The van der Waals surface area contributed by atoms with Gasteiger partial charge in [-0.1, -0.05) is 57.0 Å². The van der Waals surface area contributed by atoms with Crippen LogP contribution in [0.5, 0.6) is 0 Å². The van der Waals surface area contributed by atoms with E-state index in [1.54, 1.807) is 0 Å². The first-order valence-corrected chi connectivity index (χ1v) is 13.7. The van der Waals surface area contributed by atoms with Gasteiger partial charge in [-0.3, -0.25) is 0 Å². The molecule has 0 aromatic heterocycles. The van der Waals surface area contributed by atoms with Crippen LogP contribution in [0.2, 0.25) is 0 Å². The largest absolute Gasteiger partial charge is 0.311 e. The van der Waals surface area contributed by atoms with Crippen molar-refractivity contribution in [3.8, 4) is 0 Å².